The van der Waals surface area contributed by atoms with E-state index < -0.39 is 5.92 Å². The molecule has 4 rings (SSSR count). The van der Waals surface area contributed by atoms with E-state index in [2.05, 4.69) is 6.07 Å². The Bertz CT molecular complexity index is 1160. The molecule has 0 radical (unpaired) electrons. The van der Waals surface area contributed by atoms with Gasteiger partial charge in [0, 0.05) is 23.4 Å². The number of benzene rings is 2. The van der Waals surface area contributed by atoms with Crippen molar-refractivity contribution in [1.29, 1.82) is 5.26 Å². The molecule has 0 bridgehead atoms. The van der Waals surface area contributed by atoms with Gasteiger partial charge < -0.3 is 15.2 Å². The average Bonchev–Trinajstić information content (AvgIpc) is 2.78. The van der Waals surface area contributed by atoms with Crippen molar-refractivity contribution in [3.63, 3.8) is 0 Å². The van der Waals surface area contributed by atoms with Crippen LogP contribution in [0.1, 0.15) is 36.3 Å². The van der Waals surface area contributed by atoms with Gasteiger partial charge in [-0.15, -0.1) is 0 Å². The summed E-state index contributed by atoms with van der Waals surface area (Å²) in [7, 11) is 3.13. The normalized spacial score (nSPS) is 18.6. The van der Waals surface area contributed by atoms with Crippen LogP contribution in [0.4, 0.5) is 5.69 Å². The molecule has 0 amide bonds. The first-order valence-electron chi connectivity index (χ1n) is 10.2. The van der Waals surface area contributed by atoms with Gasteiger partial charge in [-0.3, -0.25) is 9.69 Å². The quantitative estimate of drug-likeness (QED) is 0.800. The highest BCUT2D eigenvalue weighted by Gasteiger charge is 2.40. The van der Waals surface area contributed by atoms with E-state index in [0.717, 1.165) is 35.4 Å². The molecular weight excluding hydrogens is 390 g/mol. The summed E-state index contributed by atoms with van der Waals surface area (Å²) in [6.45, 7) is 2.01. The average molecular weight is 415 g/mol. The fourth-order valence-electron chi connectivity index (χ4n) is 4.51. The number of carbonyl (C=O) groups is 1. The minimum Gasteiger partial charge on any atom is -0.493 e. The molecule has 2 N–H and O–H groups in total. The number of aryl methyl sites for hydroxylation is 1. The molecule has 2 aromatic carbocycles. The summed E-state index contributed by atoms with van der Waals surface area (Å²) >= 11 is 0. The van der Waals surface area contributed by atoms with E-state index in [4.69, 9.17) is 15.2 Å². The minimum atomic E-state index is -0.534. The van der Waals surface area contributed by atoms with E-state index >= 15 is 0 Å². The van der Waals surface area contributed by atoms with Crippen molar-refractivity contribution in [2.24, 2.45) is 5.73 Å². The lowest BCUT2D eigenvalue weighted by Gasteiger charge is -2.39. The third-order valence-corrected chi connectivity index (χ3v) is 5.91. The van der Waals surface area contributed by atoms with Gasteiger partial charge in [0.2, 0.25) is 0 Å². The Hall–Kier alpha value is -3.72. The standard InChI is InChI=1S/C25H25N3O3/c1-15-6-4-7-17(12-15)28-19-8-5-9-20(29)24(19)23(18(14-26)25(28)27)16-10-11-21(30-2)22(13-16)31-3/h4,6-7,10-13,23H,5,8-9,27H2,1-3H3/t23-/m1/s1. The number of carbonyl (C=O) groups excluding carboxylic acids is 1. The second kappa shape index (κ2) is 8.19. The first-order valence-corrected chi connectivity index (χ1v) is 10.2. The number of Topliss-reactive ketones (excluding diaryl/α,β-unsaturated/α-hetero) is 1. The third-order valence-electron chi connectivity index (χ3n) is 5.91. The zero-order valence-electron chi connectivity index (χ0n) is 17.9. The molecule has 0 saturated carbocycles. The lowest BCUT2D eigenvalue weighted by molar-refractivity contribution is -0.116. The first-order chi connectivity index (χ1) is 15.0. The number of rotatable bonds is 4. The van der Waals surface area contributed by atoms with Gasteiger partial charge in [-0.2, -0.15) is 5.26 Å². The summed E-state index contributed by atoms with van der Waals surface area (Å²) < 4.78 is 10.8. The van der Waals surface area contributed by atoms with Gasteiger partial charge in [-0.1, -0.05) is 18.2 Å². The molecule has 6 nitrogen and oxygen atoms in total. The maximum absolute atomic E-state index is 13.2. The van der Waals surface area contributed by atoms with Crippen molar-refractivity contribution < 1.29 is 14.3 Å². The van der Waals surface area contributed by atoms with Crippen LogP contribution in [0.15, 0.2) is 65.1 Å². The Morgan fingerprint density at radius 3 is 2.55 bits per heavy atom. The van der Waals surface area contributed by atoms with Crippen LogP contribution in [-0.4, -0.2) is 20.0 Å². The topological polar surface area (TPSA) is 88.6 Å². The number of ketones is 1. The number of methoxy groups -OCH3 is 2. The fraction of sp³-hybridized carbons (Fsp3) is 0.280. The summed E-state index contributed by atoms with van der Waals surface area (Å²) in [4.78, 5) is 15.1. The summed E-state index contributed by atoms with van der Waals surface area (Å²) in [5.74, 6) is 1.01. The highest BCUT2D eigenvalue weighted by Crippen LogP contribution is 2.47. The molecule has 2 aliphatic rings. The predicted octanol–water partition coefficient (Wildman–Crippen LogP) is 4.32. The van der Waals surface area contributed by atoms with Crippen molar-refractivity contribution in [2.75, 3.05) is 19.1 Å². The number of hydrogen-bond donors (Lipinski definition) is 1. The zero-order chi connectivity index (χ0) is 22.1. The molecule has 0 aromatic heterocycles. The molecule has 6 heteroatoms. The summed E-state index contributed by atoms with van der Waals surface area (Å²) in [5, 5.41) is 10.1. The smallest absolute Gasteiger partial charge is 0.161 e. The Labute approximate surface area is 182 Å². The van der Waals surface area contributed by atoms with Crippen LogP contribution in [0.25, 0.3) is 0 Å². The Morgan fingerprint density at radius 1 is 1.10 bits per heavy atom. The van der Waals surface area contributed by atoms with E-state index in [-0.39, 0.29) is 5.78 Å². The van der Waals surface area contributed by atoms with Crippen molar-refractivity contribution in [3.05, 3.63) is 76.3 Å². The first kappa shape index (κ1) is 20.5. The SMILES string of the molecule is COc1ccc([C@@H]2C(C#N)=C(N)N(c3cccc(C)c3)C3=C2C(=O)CCC3)cc1OC. The van der Waals surface area contributed by atoms with Crippen molar-refractivity contribution in [2.45, 2.75) is 32.1 Å². The van der Waals surface area contributed by atoms with Gasteiger partial charge in [0.1, 0.15) is 5.82 Å². The number of allylic oxidation sites excluding steroid dienone is 3. The molecule has 0 fully saturated rings. The molecule has 31 heavy (non-hydrogen) atoms. The third kappa shape index (κ3) is 3.42. The van der Waals surface area contributed by atoms with E-state index in [0.29, 0.717) is 34.9 Å². The minimum absolute atomic E-state index is 0.0546. The van der Waals surface area contributed by atoms with Gasteiger partial charge in [0.25, 0.3) is 0 Å². The zero-order valence-corrected chi connectivity index (χ0v) is 17.9. The lowest BCUT2D eigenvalue weighted by Crippen LogP contribution is -2.38. The van der Waals surface area contributed by atoms with Crippen LogP contribution >= 0.6 is 0 Å². The maximum atomic E-state index is 13.2. The fourth-order valence-corrected chi connectivity index (χ4v) is 4.51. The Morgan fingerprint density at radius 2 is 1.87 bits per heavy atom. The number of nitrogens with zero attached hydrogens (tertiary/aromatic N) is 2. The van der Waals surface area contributed by atoms with Gasteiger partial charge in [-0.05, 0) is 55.2 Å². The molecule has 1 atom stereocenters. The van der Waals surface area contributed by atoms with Crippen LogP contribution < -0.4 is 20.1 Å². The monoisotopic (exact) mass is 415 g/mol. The molecule has 1 aliphatic carbocycles. The Kier molecular flexibility index (Phi) is 5.43. The van der Waals surface area contributed by atoms with Crippen molar-refractivity contribution >= 4 is 11.5 Å². The predicted molar refractivity (Wildman–Crippen MR) is 119 cm³/mol. The van der Waals surface area contributed by atoms with E-state index in [1.54, 1.807) is 20.3 Å². The highest BCUT2D eigenvalue weighted by atomic mass is 16.5. The number of nitriles is 1. The van der Waals surface area contributed by atoms with Crippen LogP contribution in [-0.2, 0) is 4.79 Å². The molecule has 0 spiro atoms. The summed E-state index contributed by atoms with van der Waals surface area (Å²) in [6, 6.07) is 15.7. The lowest BCUT2D eigenvalue weighted by atomic mass is 9.75. The Balaban J connectivity index is 1.96. The van der Waals surface area contributed by atoms with E-state index in [1.807, 2.05) is 48.2 Å². The maximum Gasteiger partial charge on any atom is 0.161 e. The van der Waals surface area contributed by atoms with Gasteiger partial charge in [-0.25, -0.2) is 0 Å². The number of nitrogens with two attached hydrogens (primary N) is 1. The largest absolute Gasteiger partial charge is 0.493 e. The van der Waals surface area contributed by atoms with Gasteiger partial charge in [0.05, 0.1) is 31.8 Å². The molecule has 158 valence electrons. The molecule has 1 aliphatic heterocycles. The number of ether oxygens (including phenoxy) is 2. The second-order valence-electron chi connectivity index (χ2n) is 7.77. The van der Waals surface area contributed by atoms with E-state index in [9.17, 15) is 10.1 Å². The van der Waals surface area contributed by atoms with Crippen LogP contribution in [0, 0.1) is 18.3 Å². The molecule has 0 saturated heterocycles. The van der Waals surface area contributed by atoms with Crippen molar-refractivity contribution in [3.8, 4) is 17.6 Å². The van der Waals surface area contributed by atoms with E-state index in [1.165, 1.54) is 0 Å². The molecular formula is C25H25N3O3. The number of hydrogen-bond acceptors (Lipinski definition) is 6. The van der Waals surface area contributed by atoms with Crippen LogP contribution in [0.2, 0.25) is 0 Å². The summed E-state index contributed by atoms with van der Waals surface area (Å²) in [6.07, 6.45) is 1.94. The van der Waals surface area contributed by atoms with Gasteiger partial charge >= 0.3 is 0 Å². The van der Waals surface area contributed by atoms with Gasteiger partial charge in [0.15, 0.2) is 17.3 Å². The molecule has 2 aromatic rings. The van der Waals surface area contributed by atoms with Crippen LogP contribution in [0.3, 0.4) is 0 Å². The molecule has 1 heterocycles. The second-order valence-corrected chi connectivity index (χ2v) is 7.77. The number of anilines is 1. The van der Waals surface area contributed by atoms with Crippen LogP contribution in [0.5, 0.6) is 11.5 Å². The molecule has 0 unspecified atom stereocenters. The van der Waals surface area contributed by atoms with Crippen molar-refractivity contribution in [1.82, 2.24) is 0 Å². The summed E-state index contributed by atoms with van der Waals surface area (Å²) in [5.41, 5.74) is 11.2. The highest BCUT2D eigenvalue weighted by molar-refractivity contribution is 6.01.